The van der Waals surface area contributed by atoms with Crippen LogP contribution in [-0.2, 0) is 6.42 Å². The van der Waals surface area contributed by atoms with Crippen molar-refractivity contribution in [3.63, 3.8) is 0 Å². The van der Waals surface area contributed by atoms with Crippen LogP contribution in [0.5, 0.6) is 0 Å². The van der Waals surface area contributed by atoms with Gasteiger partial charge in [-0.3, -0.25) is 4.79 Å². The highest BCUT2D eigenvalue weighted by atomic mass is 32.1. The van der Waals surface area contributed by atoms with Crippen molar-refractivity contribution in [3.8, 4) is 0 Å². The maximum absolute atomic E-state index is 12.1. The van der Waals surface area contributed by atoms with Gasteiger partial charge in [-0.05, 0) is 54.5 Å². The third kappa shape index (κ3) is 3.66. The van der Waals surface area contributed by atoms with E-state index in [2.05, 4.69) is 5.32 Å². The highest BCUT2D eigenvalue weighted by Crippen LogP contribution is 2.18. The van der Waals surface area contributed by atoms with E-state index in [0.29, 0.717) is 0 Å². The highest BCUT2D eigenvalue weighted by Gasteiger charge is 2.10. The van der Waals surface area contributed by atoms with Crippen molar-refractivity contribution in [1.82, 2.24) is 0 Å². The van der Waals surface area contributed by atoms with Crippen molar-refractivity contribution in [2.75, 3.05) is 11.9 Å². The second-order valence-electron chi connectivity index (χ2n) is 4.41. The van der Waals surface area contributed by atoms with E-state index >= 15 is 0 Å². The van der Waals surface area contributed by atoms with Gasteiger partial charge in [-0.1, -0.05) is 12.1 Å². The minimum atomic E-state index is -0.0631. The van der Waals surface area contributed by atoms with Gasteiger partial charge in [0.1, 0.15) is 0 Å². The fraction of sp³-hybridized carbons (Fsp3) is 0.267. The van der Waals surface area contributed by atoms with Crippen LogP contribution in [0.1, 0.15) is 27.2 Å². The first-order valence-corrected chi connectivity index (χ1v) is 7.14. The number of thiophene rings is 1. The Balaban J connectivity index is 2.07. The summed E-state index contributed by atoms with van der Waals surface area (Å²) in [5.41, 5.74) is 2.92. The Kier molecular flexibility index (Phi) is 4.71. The van der Waals surface area contributed by atoms with Crippen molar-refractivity contribution < 1.29 is 9.90 Å². The van der Waals surface area contributed by atoms with Crippen LogP contribution in [0.4, 0.5) is 5.69 Å². The van der Waals surface area contributed by atoms with Gasteiger partial charge in [0.25, 0.3) is 5.91 Å². The van der Waals surface area contributed by atoms with E-state index in [-0.39, 0.29) is 12.5 Å². The molecule has 19 heavy (non-hydrogen) atoms. The predicted molar refractivity (Wildman–Crippen MR) is 78.9 cm³/mol. The van der Waals surface area contributed by atoms with Gasteiger partial charge in [0.2, 0.25) is 0 Å². The van der Waals surface area contributed by atoms with E-state index in [1.165, 1.54) is 11.3 Å². The monoisotopic (exact) mass is 275 g/mol. The summed E-state index contributed by atoms with van der Waals surface area (Å²) < 4.78 is 0. The Bertz CT molecular complexity index is 563. The zero-order chi connectivity index (χ0) is 13.7. The number of hydrogen-bond donors (Lipinski definition) is 2. The molecule has 2 rings (SSSR count). The molecule has 0 spiro atoms. The van der Waals surface area contributed by atoms with Gasteiger partial charge in [-0.25, -0.2) is 0 Å². The molecule has 0 bridgehead atoms. The van der Waals surface area contributed by atoms with Gasteiger partial charge in [-0.2, -0.15) is 0 Å². The molecule has 1 aromatic heterocycles. The number of aliphatic hydroxyl groups is 1. The third-order valence-electron chi connectivity index (χ3n) is 2.88. The lowest BCUT2D eigenvalue weighted by Crippen LogP contribution is -2.11. The zero-order valence-electron chi connectivity index (χ0n) is 10.8. The minimum absolute atomic E-state index is 0.0631. The average molecular weight is 275 g/mol. The standard InChI is InChI=1S/C15H17NO2S/c1-11-7-9-19-14(11)15(18)16-13-6-2-4-12(10-13)5-3-8-17/h2,4,6-7,9-10,17H,3,5,8H2,1H3,(H,16,18). The summed E-state index contributed by atoms with van der Waals surface area (Å²) in [6.07, 6.45) is 1.56. The summed E-state index contributed by atoms with van der Waals surface area (Å²) in [6.45, 7) is 2.12. The molecule has 0 aliphatic carbocycles. The zero-order valence-corrected chi connectivity index (χ0v) is 11.7. The molecule has 0 unspecified atom stereocenters. The van der Waals surface area contributed by atoms with Gasteiger partial charge in [-0.15, -0.1) is 11.3 Å². The smallest absolute Gasteiger partial charge is 0.265 e. The summed E-state index contributed by atoms with van der Waals surface area (Å²) in [7, 11) is 0. The summed E-state index contributed by atoms with van der Waals surface area (Å²) in [5.74, 6) is -0.0631. The van der Waals surface area contributed by atoms with Crippen LogP contribution in [0, 0.1) is 6.92 Å². The van der Waals surface area contributed by atoms with Gasteiger partial charge in [0.15, 0.2) is 0 Å². The number of rotatable bonds is 5. The first-order valence-electron chi connectivity index (χ1n) is 6.26. The highest BCUT2D eigenvalue weighted by molar-refractivity contribution is 7.12. The molecule has 1 heterocycles. The first kappa shape index (κ1) is 13.8. The molecular formula is C15H17NO2S. The molecule has 4 heteroatoms. The van der Waals surface area contributed by atoms with Crippen molar-refractivity contribution >= 4 is 22.9 Å². The lowest BCUT2D eigenvalue weighted by molar-refractivity contribution is 0.103. The van der Waals surface area contributed by atoms with Gasteiger partial charge in [0.05, 0.1) is 4.88 Å². The largest absolute Gasteiger partial charge is 0.396 e. The SMILES string of the molecule is Cc1ccsc1C(=O)Nc1cccc(CCCO)c1. The number of benzene rings is 1. The van der Waals surface area contributed by atoms with Crippen LogP contribution in [0.3, 0.4) is 0 Å². The van der Waals surface area contributed by atoms with Crippen molar-refractivity contribution in [2.24, 2.45) is 0 Å². The maximum Gasteiger partial charge on any atom is 0.265 e. The number of amides is 1. The molecular weight excluding hydrogens is 258 g/mol. The molecule has 2 aromatic rings. The Morgan fingerprint density at radius 3 is 2.89 bits per heavy atom. The Hall–Kier alpha value is -1.65. The third-order valence-corrected chi connectivity index (χ3v) is 3.89. The average Bonchev–Trinajstić information content (AvgIpc) is 2.83. The normalized spacial score (nSPS) is 10.4. The number of carbonyl (C=O) groups excluding carboxylic acids is 1. The van der Waals surface area contributed by atoms with Crippen LogP contribution in [0.25, 0.3) is 0 Å². The Labute approximate surface area is 116 Å². The van der Waals surface area contributed by atoms with Crippen LogP contribution < -0.4 is 5.32 Å². The molecule has 1 aromatic carbocycles. The molecule has 0 aliphatic heterocycles. The summed E-state index contributed by atoms with van der Waals surface area (Å²) >= 11 is 1.45. The van der Waals surface area contributed by atoms with Gasteiger partial charge >= 0.3 is 0 Å². The lowest BCUT2D eigenvalue weighted by atomic mass is 10.1. The second-order valence-corrected chi connectivity index (χ2v) is 5.33. The van der Waals surface area contributed by atoms with Gasteiger partial charge < -0.3 is 10.4 Å². The number of carbonyl (C=O) groups is 1. The molecule has 3 nitrogen and oxygen atoms in total. The van der Waals surface area contributed by atoms with Crippen LogP contribution in [0.15, 0.2) is 35.7 Å². The molecule has 100 valence electrons. The number of hydrogen-bond acceptors (Lipinski definition) is 3. The molecule has 2 N–H and O–H groups in total. The number of nitrogens with one attached hydrogen (secondary N) is 1. The summed E-state index contributed by atoms with van der Waals surface area (Å²) in [6, 6.07) is 9.70. The summed E-state index contributed by atoms with van der Waals surface area (Å²) in [4.78, 5) is 12.8. The van der Waals surface area contributed by atoms with Crippen LogP contribution >= 0.6 is 11.3 Å². The van der Waals surface area contributed by atoms with Crippen LogP contribution in [0.2, 0.25) is 0 Å². The number of aliphatic hydroxyl groups excluding tert-OH is 1. The number of anilines is 1. The topological polar surface area (TPSA) is 49.3 Å². The van der Waals surface area contributed by atoms with E-state index in [1.807, 2.05) is 42.6 Å². The predicted octanol–water partition coefficient (Wildman–Crippen LogP) is 3.23. The number of aryl methyl sites for hydroxylation is 2. The van der Waals surface area contributed by atoms with E-state index in [1.54, 1.807) is 0 Å². The van der Waals surface area contributed by atoms with Crippen LogP contribution in [-0.4, -0.2) is 17.6 Å². The van der Waals surface area contributed by atoms with Crippen molar-refractivity contribution in [3.05, 3.63) is 51.7 Å². The van der Waals surface area contributed by atoms with E-state index in [4.69, 9.17) is 5.11 Å². The maximum atomic E-state index is 12.1. The Morgan fingerprint density at radius 1 is 1.37 bits per heavy atom. The molecule has 0 saturated carbocycles. The fourth-order valence-electron chi connectivity index (χ4n) is 1.88. The van der Waals surface area contributed by atoms with E-state index < -0.39 is 0 Å². The molecule has 0 aliphatic rings. The molecule has 1 amide bonds. The molecule has 0 saturated heterocycles. The van der Waals surface area contributed by atoms with Crippen molar-refractivity contribution in [1.29, 1.82) is 0 Å². The fourth-order valence-corrected chi connectivity index (χ4v) is 2.70. The second kappa shape index (κ2) is 6.50. The molecule has 0 atom stereocenters. The van der Waals surface area contributed by atoms with E-state index in [9.17, 15) is 4.79 Å². The van der Waals surface area contributed by atoms with E-state index in [0.717, 1.165) is 34.5 Å². The quantitative estimate of drug-likeness (QED) is 0.880. The van der Waals surface area contributed by atoms with Crippen molar-refractivity contribution in [2.45, 2.75) is 19.8 Å². The van der Waals surface area contributed by atoms with Gasteiger partial charge in [0, 0.05) is 12.3 Å². The lowest BCUT2D eigenvalue weighted by Gasteiger charge is -2.07. The first-order chi connectivity index (χ1) is 9.20. The molecule has 0 radical (unpaired) electrons. The minimum Gasteiger partial charge on any atom is -0.396 e. The Morgan fingerprint density at radius 2 is 2.21 bits per heavy atom. The summed E-state index contributed by atoms with van der Waals surface area (Å²) in [5, 5.41) is 13.7. The molecule has 0 fully saturated rings.